The van der Waals surface area contributed by atoms with Gasteiger partial charge in [-0.25, -0.2) is 0 Å². The smallest absolute Gasteiger partial charge is 0.143 e. The number of nitrogens with zero attached hydrogens (tertiary/aromatic N) is 1. The number of para-hydroxylation sites is 1. The lowest BCUT2D eigenvalue weighted by Gasteiger charge is -2.28. The second-order valence-electron chi connectivity index (χ2n) is 17.7. The first-order valence-corrected chi connectivity index (χ1v) is 22.5. The maximum absolute atomic E-state index is 6.96. The predicted molar refractivity (Wildman–Crippen MR) is 271 cm³/mol. The number of hydrogen-bond donors (Lipinski definition) is 0. The highest BCUT2D eigenvalue weighted by Crippen LogP contribution is 2.52. The Labute approximate surface area is 381 Å². The minimum atomic E-state index is -0.104. The van der Waals surface area contributed by atoms with Crippen LogP contribution in [0.5, 0.6) is 11.5 Å². The highest BCUT2D eigenvalue weighted by molar-refractivity contribution is 5.95. The average molecular weight is 832 g/mol. The molecule has 10 aromatic rings. The van der Waals surface area contributed by atoms with Crippen molar-refractivity contribution < 1.29 is 4.74 Å². The molecule has 0 N–H and O–H groups in total. The molecular formula is C63H45NO. The summed E-state index contributed by atoms with van der Waals surface area (Å²) in [6, 6.07) is 85.6. The molecule has 0 spiro atoms. The fraction of sp³-hybridized carbons (Fsp3) is 0.0476. The summed E-state index contributed by atoms with van der Waals surface area (Å²) in [4.78, 5) is 2.39. The van der Waals surface area contributed by atoms with Crippen molar-refractivity contribution in [3.05, 3.63) is 248 Å². The van der Waals surface area contributed by atoms with E-state index in [0.717, 1.165) is 61.9 Å². The third-order valence-electron chi connectivity index (χ3n) is 13.5. The lowest BCUT2D eigenvalue weighted by atomic mass is 9.82. The zero-order chi connectivity index (χ0) is 43.5. The zero-order valence-corrected chi connectivity index (χ0v) is 36.4. The van der Waals surface area contributed by atoms with Crippen LogP contribution < -0.4 is 9.64 Å². The summed E-state index contributed by atoms with van der Waals surface area (Å²) in [5, 5.41) is 0. The molecule has 0 saturated carbocycles. The summed E-state index contributed by atoms with van der Waals surface area (Å²) in [6.07, 6.45) is 0. The Balaban J connectivity index is 0.882. The fourth-order valence-corrected chi connectivity index (χ4v) is 10.1. The van der Waals surface area contributed by atoms with Gasteiger partial charge in [0.2, 0.25) is 0 Å². The van der Waals surface area contributed by atoms with Crippen molar-refractivity contribution in [2.75, 3.05) is 4.90 Å². The Morgan fingerprint density at radius 2 is 0.738 bits per heavy atom. The molecular weight excluding hydrogens is 787 g/mol. The van der Waals surface area contributed by atoms with Gasteiger partial charge in [-0.15, -0.1) is 0 Å². The molecule has 12 rings (SSSR count). The second kappa shape index (κ2) is 15.6. The largest absolute Gasteiger partial charge is 0.455 e. The van der Waals surface area contributed by atoms with Gasteiger partial charge in [-0.1, -0.05) is 202 Å². The molecule has 2 heteroatoms. The molecule has 65 heavy (non-hydrogen) atoms. The van der Waals surface area contributed by atoms with Crippen LogP contribution in [-0.4, -0.2) is 0 Å². The molecule has 1 heterocycles. The van der Waals surface area contributed by atoms with Crippen LogP contribution in [0, 0.1) is 0 Å². The first-order valence-electron chi connectivity index (χ1n) is 22.5. The monoisotopic (exact) mass is 831 g/mol. The van der Waals surface area contributed by atoms with Gasteiger partial charge in [0.25, 0.3) is 0 Å². The molecule has 0 unspecified atom stereocenters. The SMILES string of the molecule is CC1(C)c2ccccc2-c2ccc(N(c3ccc(-c4ccccc4)cc3)c3ccc(-c4ccc(-c5cccc6c5Oc5ccc(-c7ccccc7)cc5-c5ccccc5-6)cc4)cc3)cc21. The Hall–Kier alpha value is -8.20. The van der Waals surface area contributed by atoms with Crippen LogP contribution in [0.25, 0.3) is 77.9 Å². The van der Waals surface area contributed by atoms with Gasteiger partial charge in [-0.2, -0.15) is 0 Å². The molecule has 0 aromatic heterocycles. The normalized spacial score (nSPS) is 12.7. The topological polar surface area (TPSA) is 12.5 Å². The molecule has 0 bridgehead atoms. The van der Waals surface area contributed by atoms with Gasteiger partial charge in [0.15, 0.2) is 0 Å². The van der Waals surface area contributed by atoms with Gasteiger partial charge in [-0.05, 0) is 121 Å². The lowest BCUT2D eigenvalue weighted by Crippen LogP contribution is -2.16. The maximum atomic E-state index is 6.96. The van der Waals surface area contributed by atoms with E-state index in [1.54, 1.807) is 0 Å². The summed E-state index contributed by atoms with van der Waals surface area (Å²) >= 11 is 0. The number of hydrogen-bond acceptors (Lipinski definition) is 2. The second-order valence-corrected chi connectivity index (χ2v) is 17.7. The summed E-state index contributed by atoms with van der Waals surface area (Å²) in [6.45, 7) is 4.70. The van der Waals surface area contributed by atoms with E-state index in [1.807, 2.05) is 0 Å². The van der Waals surface area contributed by atoms with Crippen molar-refractivity contribution in [2.45, 2.75) is 19.3 Å². The predicted octanol–water partition coefficient (Wildman–Crippen LogP) is 17.6. The summed E-state index contributed by atoms with van der Waals surface area (Å²) < 4.78 is 6.96. The van der Waals surface area contributed by atoms with Gasteiger partial charge >= 0.3 is 0 Å². The van der Waals surface area contributed by atoms with E-state index >= 15 is 0 Å². The van der Waals surface area contributed by atoms with Crippen LogP contribution in [0.1, 0.15) is 25.0 Å². The molecule has 308 valence electrons. The highest BCUT2D eigenvalue weighted by atomic mass is 16.5. The van der Waals surface area contributed by atoms with Crippen LogP contribution >= 0.6 is 0 Å². The number of rotatable bonds is 7. The number of benzene rings is 10. The number of ether oxygens (including phenoxy) is 1. The Bertz CT molecular complexity index is 3390. The Morgan fingerprint density at radius 1 is 0.292 bits per heavy atom. The van der Waals surface area contributed by atoms with Crippen LogP contribution in [0.4, 0.5) is 17.1 Å². The van der Waals surface area contributed by atoms with Gasteiger partial charge in [-0.3, -0.25) is 0 Å². The quantitative estimate of drug-likeness (QED) is 0.159. The average Bonchev–Trinajstić information content (AvgIpc) is 3.50. The standard InChI is InChI=1S/C63H45NO/c1-63(2)59-23-12-11-20-55(59)56-38-37-51(41-60(56)63)64(49-33-28-45(29-34-49)42-14-5-3-6-15-42)50-35-30-46(31-36-50)44-24-26-47(27-25-44)52-21-13-22-57-53-18-9-10-19-54(53)58-40-48(43-16-7-4-8-17-43)32-39-61(58)65-62(52)57/h3-41H,1-2H3. The zero-order valence-electron chi connectivity index (χ0n) is 36.4. The van der Waals surface area contributed by atoms with Crippen molar-refractivity contribution in [1.29, 1.82) is 0 Å². The molecule has 1 aliphatic carbocycles. The lowest BCUT2D eigenvalue weighted by molar-refractivity contribution is 0.489. The first-order chi connectivity index (χ1) is 32.0. The van der Waals surface area contributed by atoms with E-state index in [-0.39, 0.29) is 5.41 Å². The van der Waals surface area contributed by atoms with Gasteiger partial charge in [0, 0.05) is 39.2 Å². The van der Waals surface area contributed by atoms with Crippen molar-refractivity contribution in [2.24, 2.45) is 0 Å². The van der Waals surface area contributed by atoms with Crippen LogP contribution in [0.2, 0.25) is 0 Å². The molecule has 0 amide bonds. The van der Waals surface area contributed by atoms with E-state index < -0.39 is 0 Å². The van der Waals surface area contributed by atoms with E-state index in [4.69, 9.17) is 4.74 Å². The maximum Gasteiger partial charge on any atom is 0.143 e. The van der Waals surface area contributed by atoms with Gasteiger partial charge < -0.3 is 9.64 Å². The third-order valence-corrected chi connectivity index (χ3v) is 13.5. The van der Waals surface area contributed by atoms with Crippen LogP contribution in [0.3, 0.4) is 0 Å². The fourth-order valence-electron chi connectivity index (χ4n) is 10.1. The minimum Gasteiger partial charge on any atom is -0.455 e. The molecule has 2 aliphatic rings. The van der Waals surface area contributed by atoms with Crippen LogP contribution in [0.15, 0.2) is 237 Å². The summed E-state index contributed by atoms with van der Waals surface area (Å²) in [5.41, 5.74) is 22.4. The highest BCUT2D eigenvalue weighted by Gasteiger charge is 2.36. The molecule has 10 aromatic carbocycles. The molecule has 0 radical (unpaired) electrons. The molecule has 1 aliphatic heterocycles. The van der Waals surface area contributed by atoms with Crippen molar-refractivity contribution in [3.63, 3.8) is 0 Å². The van der Waals surface area contributed by atoms with E-state index in [2.05, 4.69) is 255 Å². The number of anilines is 3. The Kier molecular flexibility index (Phi) is 9.21. The molecule has 0 saturated heterocycles. The van der Waals surface area contributed by atoms with Crippen LogP contribution in [-0.2, 0) is 5.41 Å². The van der Waals surface area contributed by atoms with E-state index in [1.165, 1.54) is 55.6 Å². The molecule has 0 fully saturated rings. The summed E-state index contributed by atoms with van der Waals surface area (Å²) in [5.74, 6) is 1.73. The van der Waals surface area contributed by atoms with Crippen molar-refractivity contribution in [1.82, 2.24) is 0 Å². The molecule has 2 nitrogen and oxygen atoms in total. The Morgan fingerprint density at radius 3 is 1.38 bits per heavy atom. The van der Waals surface area contributed by atoms with Crippen molar-refractivity contribution >= 4 is 17.1 Å². The summed E-state index contributed by atoms with van der Waals surface area (Å²) in [7, 11) is 0. The minimum absolute atomic E-state index is 0.104. The third kappa shape index (κ3) is 6.65. The van der Waals surface area contributed by atoms with E-state index in [0.29, 0.717) is 0 Å². The van der Waals surface area contributed by atoms with Gasteiger partial charge in [0.1, 0.15) is 11.5 Å². The first kappa shape index (κ1) is 38.5. The van der Waals surface area contributed by atoms with E-state index in [9.17, 15) is 0 Å². The molecule has 0 atom stereocenters. The van der Waals surface area contributed by atoms with Crippen molar-refractivity contribution in [3.8, 4) is 89.4 Å². The number of fused-ring (bicyclic) bond motifs is 8. The van der Waals surface area contributed by atoms with Gasteiger partial charge in [0.05, 0.1) is 0 Å².